The molecule has 0 radical (unpaired) electrons. The number of carbonyl (C=O) groups is 1. The van der Waals surface area contributed by atoms with Crippen LogP contribution in [0.4, 0.5) is 4.39 Å². The fraction of sp³-hybridized carbons (Fsp3) is 0.308. The molecule has 3 rings (SSSR count). The molecular formula is C13H12BrFN4O. The number of fused-ring (bicyclic) bond motifs is 1. The molecule has 0 fully saturated rings. The predicted octanol–water partition coefficient (Wildman–Crippen LogP) is 1.76. The topological polar surface area (TPSA) is 51.0 Å². The first-order valence-corrected chi connectivity index (χ1v) is 7.01. The van der Waals surface area contributed by atoms with E-state index in [1.165, 1.54) is 23.3 Å². The molecular weight excluding hydrogens is 327 g/mol. The number of benzene rings is 1. The molecule has 0 bridgehead atoms. The van der Waals surface area contributed by atoms with Crippen molar-refractivity contribution >= 4 is 21.8 Å². The molecule has 1 amide bonds. The van der Waals surface area contributed by atoms with E-state index in [1.54, 1.807) is 11.0 Å². The fourth-order valence-corrected chi connectivity index (χ4v) is 2.70. The Labute approximate surface area is 123 Å². The molecule has 0 spiro atoms. The Morgan fingerprint density at radius 3 is 2.80 bits per heavy atom. The standard InChI is InChI=1S/C13H12BrFN4O/c14-11-5-9-1-4-18(7-10(9)6-12(11)15)13(20)8-19-16-2-3-17-19/h2-3,5-6H,1,4,7-8H2. The first kappa shape index (κ1) is 13.2. The molecule has 0 unspecified atom stereocenters. The maximum absolute atomic E-state index is 13.6. The number of aromatic nitrogens is 3. The molecule has 1 aromatic heterocycles. The number of hydrogen-bond acceptors (Lipinski definition) is 3. The summed E-state index contributed by atoms with van der Waals surface area (Å²) in [4.78, 5) is 15.2. The van der Waals surface area contributed by atoms with Crippen LogP contribution < -0.4 is 0 Å². The monoisotopic (exact) mass is 338 g/mol. The van der Waals surface area contributed by atoms with E-state index in [0.717, 1.165) is 17.5 Å². The van der Waals surface area contributed by atoms with E-state index in [9.17, 15) is 9.18 Å². The summed E-state index contributed by atoms with van der Waals surface area (Å²) in [6, 6.07) is 3.28. The van der Waals surface area contributed by atoms with Gasteiger partial charge in [0.1, 0.15) is 12.4 Å². The Morgan fingerprint density at radius 1 is 1.30 bits per heavy atom. The average Bonchev–Trinajstić information content (AvgIpc) is 2.92. The van der Waals surface area contributed by atoms with Crippen LogP contribution in [0.2, 0.25) is 0 Å². The number of rotatable bonds is 2. The van der Waals surface area contributed by atoms with Gasteiger partial charge >= 0.3 is 0 Å². The van der Waals surface area contributed by atoms with Gasteiger partial charge in [-0.2, -0.15) is 15.0 Å². The van der Waals surface area contributed by atoms with Crippen LogP contribution in [0.25, 0.3) is 0 Å². The van der Waals surface area contributed by atoms with E-state index in [2.05, 4.69) is 26.1 Å². The highest BCUT2D eigenvalue weighted by Gasteiger charge is 2.22. The quantitative estimate of drug-likeness (QED) is 0.838. The van der Waals surface area contributed by atoms with Crippen molar-refractivity contribution in [1.82, 2.24) is 19.9 Å². The lowest BCUT2D eigenvalue weighted by Gasteiger charge is -2.29. The molecule has 0 N–H and O–H groups in total. The van der Waals surface area contributed by atoms with E-state index in [0.29, 0.717) is 17.6 Å². The average molecular weight is 339 g/mol. The summed E-state index contributed by atoms with van der Waals surface area (Å²) in [5.74, 6) is -0.359. The molecule has 5 nitrogen and oxygen atoms in total. The van der Waals surface area contributed by atoms with Gasteiger partial charge in [0.15, 0.2) is 0 Å². The molecule has 20 heavy (non-hydrogen) atoms. The molecule has 0 atom stereocenters. The summed E-state index contributed by atoms with van der Waals surface area (Å²) in [6.45, 7) is 1.17. The lowest BCUT2D eigenvalue weighted by atomic mass is 9.99. The van der Waals surface area contributed by atoms with Crippen molar-refractivity contribution in [3.63, 3.8) is 0 Å². The molecule has 2 aromatic rings. The van der Waals surface area contributed by atoms with Gasteiger partial charge in [0.05, 0.1) is 16.9 Å². The summed E-state index contributed by atoms with van der Waals surface area (Å²) in [5, 5.41) is 7.83. The van der Waals surface area contributed by atoms with Gasteiger partial charge in [0.2, 0.25) is 5.91 Å². The van der Waals surface area contributed by atoms with E-state index >= 15 is 0 Å². The summed E-state index contributed by atoms with van der Waals surface area (Å²) >= 11 is 3.18. The van der Waals surface area contributed by atoms with Crippen LogP contribution in [0.3, 0.4) is 0 Å². The third kappa shape index (κ3) is 2.58. The van der Waals surface area contributed by atoms with Crippen molar-refractivity contribution in [3.8, 4) is 0 Å². The van der Waals surface area contributed by atoms with Gasteiger partial charge in [-0.15, -0.1) is 0 Å². The van der Waals surface area contributed by atoms with Crippen LogP contribution in [-0.2, 0) is 24.3 Å². The summed E-state index contributed by atoms with van der Waals surface area (Å²) in [6.07, 6.45) is 3.80. The molecule has 2 heterocycles. The second-order valence-electron chi connectivity index (χ2n) is 4.66. The summed E-state index contributed by atoms with van der Waals surface area (Å²) < 4.78 is 14.0. The van der Waals surface area contributed by atoms with E-state index in [1.807, 2.05) is 0 Å². The fourth-order valence-electron chi connectivity index (χ4n) is 2.31. The Kier molecular flexibility index (Phi) is 3.52. The van der Waals surface area contributed by atoms with Crippen LogP contribution in [0.1, 0.15) is 11.1 Å². The Bertz CT molecular complexity index is 644. The third-order valence-corrected chi connectivity index (χ3v) is 3.96. The minimum absolute atomic E-state index is 0.0600. The van der Waals surface area contributed by atoms with E-state index in [-0.39, 0.29) is 18.3 Å². The zero-order valence-electron chi connectivity index (χ0n) is 10.6. The molecule has 0 saturated heterocycles. The molecule has 104 valence electrons. The smallest absolute Gasteiger partial charge is 0.246 e. The van der Waals surface area contributed by atoms with E-state index in [4.69, 9.17) is 0 Å². The molecule has 1 aromatic carbocycles. The second kappa shape index (κ2) is 5.32. The number of amides is 1. The highest BCUT2D eigenvalue weighted by atomic mass is 79.9. The molecule has 7 heteroatoms. The minimum Gasteiger partial charge on any atom is -0.336 e. The Morgan fingerprint density at radius 2 is 2.05 bits per heavy atom. The van der Waals surface area contributed by atoms with Gasteiger partial charge < -0.3 is 4.90 Å². The first-order chi connectivity index (χ1) is 9.63. The van der Waals surface area contributed by atoms with Gasteiger partial charge in [0, 0.05) is 13.1 Å². The zero-order chi connectivity index (χ0) is 14.1. The molecule has 0 saturated carbocycles. The Hall–Kier alpha value is -1.76. The molecule has 1 aliphatic rings. The van der Waals surface area contributed by atoms with Crippen LogP contribution >= 0.6 is 15.9 Å². The van der Waals surface area contributed by atoms with Crippen LogP contribution in [0, 0.1) is 5.82 Å². The van der Waals surface area contributed by atoms with Crippen molar-refractivity contribution in [2.75, 3.05) is 6.54 Å². The molecule has 1 aliphatic heterocycles. The van der Waals surface area contributed by atoms with Gasteiger partial charge in [-0.3, -0.25) is 4.79 Å². The lowest BCUT2D eigenvalue weighted by Crippen LogP contribution is -2.38. The van der Waals surface area contributed by atoms with Gasteiger partial charge in [-0.05, 0) is 45.6 Å². The number of nitrogens with zero attached hydrogens (tertiary/aromatic N) is 4. The maximum Gasteiger partial charge on any atom is 0.246 e. The van der Waals surface area contributed by atoms with Crippen LogP contribution in [0.5, 0.6) is 0 Å². The zero-order valence-corrected chi connectivity index (χ0v) is 12.2. The maximum atomic E-state index is 13.6. The van der Waals surface area contributed by atoms with Crippen molar-refractivity contribution in [3.05, 3.63) is 45.9 Å². The van der Waals surface area contributed by atoms with Gasteiger partial charge in [0.25, 0.3) is 0 Å². The molecule has 0 aliphatic carbocycles. The lowest BCUT2D eigenvalue weighted by molar-refractivity contribution is -0.133. The highest BCUT2D eigenvalue weighted by molar-refractivity contribution is 9.10. The minimum atomic E-state index is -0.299. The highest BCUT2D eigenvalue weighted by Crippen LogP contribution is 2.25. The number of carbonyl (C=O) groups excluding carboxylic acids is 1. The summed E-state index contributed by atoms with van der Waals surface area (Å²) in [5.41, 5.74) is 1.94. The first-order valence-electron chi connectivity index (χ1n) is 6.22. The van der Waals surface area contributed by atoms with Gasteiger partial charge in [-0.25, -0.2) is 4.39 Å². The normalized spacial score (nSPS) is 14.2. The number of halogens is 2. The van der Waals surface area contributed by atoms with Crippen LogP contribution in [0.15, 0.2) is 29.0 Å². The Balaban J connectivity index is 1.75. The predicted molar refractivity (Wildman–Crippen MR) is 73.2 cm³/mol. The largest absolute Gasteiger partial charge is 0.336 e. The van der Waals surface area contributed by atoms with E-state index < -0.39 is 0 Å². The SMILES string of the molecule is O=C(Cn1nccn1)N1CCc2cc(Br)c(F)cc2C1. The van der Waals surface area contributed by atoms with Crippen molar-refractivity contribution in [2.24, 2.45) is 0 Å². The number of hydrogen-bond donors (Lipinski definition) is 0. The summed E-state index contributed by atoms with van der Waals surface area (Å²) in [7, 11) is 0. The van der Waals surface area contributed by atoms with Crippen molar-refractivity contribution in [2.45, 2.75) is 19.5 Å². The van der Waals surface area contributed by atoms with Crippen molar-refractivity contribution in [1.29, 1.82) is 0 Å². The van der Waals surface area contributed by atoms with Crippen molar-refractivity contribution < 1.29 is 9.18 Å². The van der Waals surface area contributed by atoms with Gasteiger partial charge in [-0.1, -0.05) is 0 Å². The van der Waals surface area contributed by atoms with Crippen LogP contribution in [-0.4, -0.2) is 32.3 Å². The second-order valence-corrected chi connectivity index (χ2v) is 5.51. The third-order valence-electron chi connectivity index (χ3n) is 3.35.